The van der Waals surface area contributed by atoms with Gasteiger partial charge in [-0.15, -0.1) is 0 Å². The van der Waals surface area contributed by atoms with Crippen molar-refractivity contribution in [3.05, 3.63) is 59.2 Å². The first-order valence-electron chi connectivity index (χ1n) is 9.32. The van der Waals surface area contributed by atoms with Crippen LogP contribution in [0, 0.1) is 6.92 Å². The lowest BCUT2D eigenvalue weighted by molar-refractivity contribution is 0.101. The summed E-state index contributed by atoms with van der Waals surface area (Å²) in [5, 5.41) is 2.76. The van der Waals surface area contributed by atoms with Crippen LogP contribution in [0.5, 0.6) is 0 Å². The maximum absolute atomic E-state index is 12.9. The molecule has 1 aliphatic heterocycles. The number of piperidine rings is 1. The van der Waals surface area contributed by atoms with Gasteiger partial charge in [-0.05, 0) is 68.7 Å². The second kappa shape index (κ2) is 8.24. The summed E-state index contributed by atoms with van der Waals surface area (Å²) in [5.41, 5.74) is 2.10. The number of hydrogen-bond donors (Lipinski definition) is 1. The van der Waals surface area contributed by atoms with Gasteiger partial charge < -0.3 is 5.32 Å². The Hall–Kier alpha value is -2.51. The first kappa shape index (κ1) is 20.2. The van der Waals surface area contributed by atoms with E-state index in [1.807, 2.05) is 0 Å². The van der Waals surface area contributed by atoms with Crippen molar-refractivity contribution in [3.63, 3.8) is 0 Å². The highest BCUT2D eigenvalue weighted by Gasteiger charge is 2.27. The van der Waals surface area contributed by atoms with Gasteiger partial charge in [0.2, 0.25) is 10.0 Å². The molecular weight excluding hydrogens is 376 g/mol. The molecule has 1 amide bonds. The Morgan fingerprint density at radius 1 is 0.964 bits per heavy atom. The zero-order valence-electron chi connectivity index (χ0n) is 16.1. The van der Waals surface area contributed by atoms with Crippen LogP contribution in [0.15, 0.2) is 47.4 Å². The molecule has 148 valence electrons. The average Bonchev–Trinajstić information content (AvgIpc) is 2.69. The zero-order valence-corrected chi connectivity index (χ0v) is 16.9. The molecular formula is C21H24N2O4S. The Morgan fingerprint density at radius 3 is 2.21 bits per heavy atom. The Bertz CT molecular complexity index is 992. The fourth-order valence-electron chi connectivity index (χ4n) is 3.25. The van der Waals surface area contributed by atoms with Gasteiger partial charge in [0.15, 0.2) is 5.78 Å². The van der Waals surface area contributed by atoms with Gasteiger partial charge >= 0.3 is 0 Å². The van der Waals surface area contributed by atoms with E-state index in [0.717, 1.165) is 19.3 Å². The van der Waals surface area contributed by atoms with E-state index >= 15 is 0 Å². The lowest BCUT2D eigenvalue weighted by Gasteiger charge is -2.26. The van der Waals surface area contributed by atoms with E-state index in [-0.39, 0.29) is 16.6 Å². The number of aryl methyl sites for hydroxylation is 1. The van der Waals surface area contributed by atoms with Crippen molar-refractivity contribution < 1.29 is 18.0 Å². The average molecular weight is 401 g/mol. The Kier molecular flexibility index (Phi) is 5.96. The predicted octanol–water partition coefficient (Wildman–Crippen LogP) is 3.62. The van der Waals surface area contributed by atoms with Crippen molar-refractivity contribution >= 4 is 27.4 Å². The molecule has 0 saturated carbocycles. The minimum Gasteiger partial charge on any atom is -0.322 e. The van der Waals surface area contributed by atoms with E-state index in [4.69, 9.17) is 0 Å². The van der Waals surface area contributed by atoms with E-state index in [0.29, 0.717) is 35.5 Å². The van der Waals surface area contributed by atoms with Gasteiger partial charge in [0.05, 0.1) is 4.90 Å². The van der Waals surface area contributed by atoms with E-state index in [9.17, 15) is 18.0 Å². The first-order chi connectivity index (χ1) is 13.3. The smallest absolute Gasteiger partial charge is 0.255 e. The summed E-state index contributed by atoms with van der Waals surface area (Å²) in [5.74, 6) is -0.437. The van der Waals surface area contributed by atoms with E-state index < -0.39 is 10.0 Å². The highest BCUT2D eigenvalue weighted by molar-refractivity contribution is 7.89. The molecule has 3 rings (SSSR count). The van der Waals surface area contributed by atoms with Crippen LogP contribution in [-0.4, -0.2) is 37.5 Å². The van der Waals surface area contributed by atoms with Crippen molar-refractivity contribution in [1.82, 2.24) is 4.31 Å². The summed E-state index contributed by atoms with van der Waals surface area (Å²) in [7, 11) is -3.61. The lowest BCUT2D eigenvalue weighted by Crippen LogP contribution is -2.35. The fraction of sp³-hybridized carbons (Fsp3) is 0.333. The van der Waals surface area contributed by atoms with E-state index in [1.165, 1.54) is 17.3 Å². The summed E-state index contributed by atoms with van der Waals surface area (Å²) in [4.78, 5) is 24.2. The maximum Gasteiger partial charge on any atom is 0.255 e. The number of rotatable bonds is 5. The number of amides is 1. The summed E-state index contributed by atoms with van der Waals surface area (Å²) >= 11 is 0. The number of nitrogens with zero attached hydrogens (tertiary/aromatic N) is 1. The molecule has 0 atom stereocenters. The van der Waals surface area contributed by atoms with Crippen molar-refractivity contribution in [2.45, 2.75) is 38.0 Å². The number of anilines is 1. The van der Waals surface area contributed by atoms with Crippen LogP contribution in [0.4, 0.5) is 5.69 Å². The normalized spacial score (nSPS) is 15.2. The quantitative estimate of drug-likeness (QED) is 0.777. The lowest BCUT2D eigenvalue weighted by atomic mass is 10.1. The standard InChI is InChI=1S/C21H24N2O4S/c1-15-6-11-19(28(26,27)23-12-4-3-5-13-23)14-20(15)21(25)22-18-9-7-17(8-10-18)16(2)24/h6-11,14H,3-5,12-13H2,1-2H3,(H,22,25). The number of carbonyl (C=O) groups is 2. The molecule has 0 spiro atoms. The van der Waals surface area contributed by atoms with Crippen LogP contribution < -0.4 is 5.32 Å². The molecule has 28 heavy (non-hydrogen) atoms. The molecule has 1 N–H and O–H groups in total. The largest absolute Gasteiger partial charge is 0.322 e. The number of ketones is 1. The number of Topliss-reactive ketones (excluding diaryl/α,β-unsaturated/α-hetero) is 1. The van der Waals surface area contributed by atoms with E-state index in [2.05, 4.69) is 5.32 Å². The monoisotopic (exact) mass is 400 g/mol. The minimum atomic E-state index is -3.61. The maximum atomic E-state index is 12.9. The third kappa shape index (κ3) is 4.31. The third-order valence-corrected chi connectivity index (χ3v) is 6.85. The summed E-state index contributed by atoms with van der Waals surface area (Å²) in [6.07, 6.45) is 2.75. The molecule has 0 bridgehead atoms. The molecule has 1 aliphatic rings. The summed E-state index contributed by atoms with van der Waals surface area (Å²) in [6, 6.07) is 11.2. The molecule has 1 fully saturated rings. The van der Waals surface area contributed by atoms with Crippen LogP contribution in [0.25, 0.3) is 0 Å². The van der Waals surface area contributed by atoms with Gasteiger partial charge in [-0.3, -0.25) is 9.59 Å². The zero-order chi connectivity index (χ0) is 20.3. The predicted molar refractivity (Wildman–Crippen MR) is 108 cm³/mol. The van der Waals surface area contributed by atoms with Crippen LogP contribution in [0.3, 0.4) is 0 Å². The van der Waals surface area contributed by atoms with Gasteiger partial charge in [0.1, 0.15) is 0 Å². The molecule has 7 heteroatoms. The second-order valence-electron chi connectivity index (χ2n) is 7.03. The molecule has 6 nitrogen and oxygen atoms in total. The molecule has 2 aromatic carbocycles. The highest BCUT2D eigenvalue weighted by atomic mass is 32.2. The molecule has 0 unspecified atom stereocenters. The molecule has 1 saturated heterocycles. The van der Waals surface area contributed by atoms with Crippen LogP contribution in [0.1, 0.15) is 52.5 Å². The van der Waals surface area contributed by atoms with Gasteiger partial charge in [0.25, 0.3) is 5.91 Å². The highest BCUT2D eigenvalue weighted by Crippen LogP contribution is 2.23. The summed E-state index contributed by atoms with van der Waals surface area (Å²) in [6.45, 7) is 4.27. The van der Waals surface area contributed by atoms with Crippen LogP contribution in [0.2, 0.25) is 0 Å². The van der Waals surface area contributed by atoms with Gasteiger partial charge in [-0.1, -0.05) is 12.5 Å². The van der Waals surface area contributed by atoms with E-state index in [1.54, 1.807) is 43.3 Å². The van der Waals surface area contributed by atoms with Gasteiger partial charge in [0, 0.05) is 29.9 Å². The topological polar surface area (TPSA) is 83.5 Å². The van der Waals surface area contributed by atoms with Crippen molar-refractivity contribution in [3.8, 4) is 0 Å². The number of sulfonamides is 1. The molecule has 2 aromatic rings. The third-order valence-electron chi connectivity index (χ3n) is 4.96. The number of benzene rings is 2. The fourth-order valence-corrected chi connectivity index (χ4v) is 4.79. The van der Waals surface area contributed by atoms with Gasteiger partial charge in [-0.25, -0.2) is 8.42 Å². The van der Waals surface area contributed by atoms with Crippen LogP contribution in [-0.2, 0) is 10.0 Å². The van der Waals surface area contributed by atoms with Crippen LogP contribution >= 0.6 is 0 Å². The minimum absolute atomic E-state index is 0.0515. The van der Waals surface area contributed by atoms with Gasteiger partial charge in [-0.2, -0.15) is 4.31 Å². The summed E-state index contributed by atoms with van der Waals surface area (Å²) < 4.78 is 27.3. The number of nitrogens with one attached hydrogen (secondary N) is 1. The van der Waals surface area contributed by atoms with Crippen molar-refractivity contribution in [1.29, 1.82) is 0 Å². The Balaban J connectivity index is 1.84. The van der Waals surface area contributed by atoms with Crippen molar-refractivity contribution in [2.75, 3.05) is 18.4 Å². The molecule has 0 radical (unpaired) electrons. The number of hydrogen-bond acceptors (Lipinski definition) is 4. The molecule has 0 aliphatic carbocycles. The second-order valence-corrected chi connectivity index (χ2v) is 8.97. The Labute approximate surface area is 165 Å². The van der Waals surface area contributed by atoms with Crippen molar-refractivity contribution in [2.24, 2.45) is 0 Å². The number of carbonyl (C=O) groups excluding carboxylic acids is 2. The Morgan fingerprint density at radius 2 is 1.61 bits per heavy atom. The molecule has 0 aromatic heterocycles. The molecule has 1 heterocycles. The first-order valence-corrected chi connectivity index (χ1v) is 10.8. The SMILES string of the molecule is CC(=O)c1ccc(NC(=O)c2cc(S(=O)(=O)N3CCCCC3)ccc2C)cc1.